The third kappa shape index (κ3) is 3.66. The lowest BCUT2D eigenvalue weighted by atomic mass is 9.91. The average molecular weight is 410 g/mol. The second-order valence-electron chi connectivity index (χ2n) is 6.51. The molecule has 0 heterocycles. The first-order valence-corrected chi connectivity index (χ1v) is 8.63. The van der Waals surface area contributed by atoms with Gasteiger partial charge in [0.2, 0.25) is 5.91 Å². The minimum absolute atomic E-state index is 0. The summed E-state index contributed by atoms with van der Waals surface area (Å²) >= 11 is 3.62. The van der Waals surface area contributed by atoms with Crippen molar-refractivity contribution in [3.05, 3.63) is 70.2 Å². The number of benzene rings is 2. The van der Waals surface area contributed by atoms with E-state index in [4.69, 9.17) is 5.73 Å². The maximum absolute atomic E-state index is 12.6. The van der Waals surface area contributed by atoms with Gasteiger partial charge in [-0.05, 0) is 37.0 Å². The van der Waals surface area contributed by atoms with Gasteiger partial charge in [0.25, 0.3) is 0 Å². The lowest BCUT2D eigenvalue weighted by Gasteiger charge is -2.26. The predicted octanol–water partition coefficient (Wildman–Crippen LogP) is 3.89. The van der Waals surface area contributed by atoms with Gasteiger partial charge in [0.05, 0.1) is 0 Å². The quantitative estimate of drug-likeness (QED) is 0.787. The fourth-order valence-corrected chi connectivity index (χ4v) is 3.64. The van der Waals surface area contributed by atoms with Gasteiger partial charge in [-0.2, -0.15) is 0 Å². The SMILES string of the molecule is CC(N)(C(=O)NCC1(c2ccccc2Br)CC1)c1ccccc1.Cl. The van der Waals surface area contributed by atoms with Gasteiger partial charge < -0.3 is 11.1 Å². The lowest BCUT2D eigenvalue weighted by molar-refractivity contribution is -0.126. The van der Waals surface area contributed by atoms with Crippen molar-refractivity contribution in [2.75, 3.05) is 6.54 Å². The molecule has 3 rings (SSSR count). The van der Waals surface area contributed by atoms with Gasteiger partial charge in [0.1, 0.15) is 5.54 Å². The first kappa shape index (κ1) is 19.0. The van der Waals surface area contributed by atoms with E-state index in [2.05, 4.69) is 27.3 Å². The number of carbonyl (C=O) groups excluding carboxylic acids is 1. The molecule has 1 aliphatic rings. The molecule has 1 amide bonds. The highest BCUT2D eigenvalue weighted by molar-refractivity contribution is 9.10. The summed E-state index contributed by atoms with van der Waals surface area (Å²) in [5.41, 5.74) is 7.39. The molecule has 0 spiro atoms. The number of nitrogens with two attached hydrogens (primary N) is 1. The minimum Gasteiger partial charge on any atom is -0.353 e. The molecule has 3 nitrogen and oxygen atoms in total. The second-order valence-corrected chi connectivity index (χ2v) is 7.37. The van der Waals surface area contributed by atoms with Crippen molar-refractivity contribution in [3.8, 4) is 0 Å². The molecule has 1 fully saturated rings. The summed E-state index contributed by atoms with van der Waals surface area (Å²) in [6, 6.07) is 17.7. The van der Waals surface area contributed by atoms with Gasteiger partial charge in [-0.1, -0.05) is 64.5 Å². The molecule has 2 aromatic rings. The number of nitrogens with one attached hydrogen (secondary N) is 1. The molecule has 1 atom stereocenters. The summed E-state index contributed by atoms with van der Waals surface area (Å²) in [6.45, 7) is 2.38. The van der Waals surface area contributed by atoms with Crippen LogP contribution < -0.4 is 11.1 Å². The van der Waals surface area contributed by atoms with Crippen LogP contribution in [0.4, 0.5) is 0 Å². The second kappa shape index (κ2) is 7.26. The van der Waals surface area contributed by atoms with E-state index in [0.717, 1.165) is 22.9 Å². The third-order valence-electron chi connectivity index (χ3n) is 4.73. The molecule has 0 saturated heterocycles. The van der Waals surface area contributed by atoms with Crippen molar-refractivity contribution in [2.24, 2.45) is 5.73 Å². The zero-order valence-electron chi connectivity index (χ0n) is 13.6. The maximum atomic E-state index is 12.6. The first-order chi connectivity index (χ1) is 11.0. The molecule has 1 saturated carbocycles. The van der Waals surface area contributed by atoms with Crippen LogP contribution in [0.2, 0.25) is 0 Å². The summed E-state index contributed by atoms with van der Waals surface area (Å²) in [4.78, 5) is 12.6. The third-order valence-corrected chi connectivity index (χ3v) is 5.42. The number of hydrogen-bond acceptors (Lipinski definition) is 2. The average Bonchev–Trinajstić information content (AvgIpc) is 3.35. The van der Waals surface area contributed by atoms with Crippen molar-refractivity contribution in [1.82, 2.24) is 5.32 Å². The van der Waals surface area contributed by atoms with Crippen molar-refractivity contribution in [2.45, 2.75) is 30.7 Å². The van der Waals surface area contributed by atoms with Gasteiger partial charge in [-0.25, -0.2) is 0 Å². The van der Waals surface area contributed by atoms with Gasteiger partial charge in [-0.15, -0.1) is 12.4 Å². The molecular formula is C19H22BrClN2O. The van der Waals surface area contributed by atoms with Crippen LogP contribution in [0, 0.1) is 0 Å². The Hall–Kier alpha value is -1.36. The Kier molecular flexibility index (Phi) is 5.74. The van der Waals surface area contributed by atoms with Crippen molar-refractivity contribution >= 4 is 34.2 Å². The number of amides is 1. The summed E-state index contributed by atoms with van der Waals surface area (Å²) in [5.74, 6) is -0.137. The first-order valence-electron chi connectivity index (χ1n) is 7.83. The van der Waals surface area contributed by atoms with E-state index in [1.165, 1.54) is 5.56 Å². The van der Waals surface area contributed by atoms with E-state index in [1.54, 1.807) is 6.92 Å². The van der Waals surface area contributed by atoms with Gasteiger partial charge in [-0.3, -0.25) is 4.79 Å². The highest BCUT2D eigenvalue weighted by Crippen LogP contribution is 2.50. The molecule has 2 aromatic carbocycles. The smallest absolute Gasteiger partial charge is 0.244 e. The topological polar surface area (TPSA) is 55.1 Å². The summed E-state index contributed by atoms with van der Waals surface area (Å²) < 4.78 is 1.10. The normalized spacial score (nSPS) is 17.3. The monoisotopic (exact) mass is 408 g/mol. The van der Waals surface area contributed by atoms with Crippen molar-refractivity contribution in [1.29, 1.82) is 0 Å². The molecule has 0 aliphatic heterocycles. The molecule has 3 N–H and O–H groups in total. The lowest BCUT2D eigenvalue weighted by Crippen LogP contribution is -2.50. The largest absolute Gasteiger partial charge is 0.353 e. The molecule has 0 aromatic heterocycles. The van der Waals surface area contributed by atoms with Crippen molar-refractivity contribution in [3.63, 3.8) is 0 Å². The Morgan fingerprint density at radius 1 is 1.17 bits per heavy atom. The molecule has 0 radical (unpaired) electrons. The molecule has 1 unspecified atom stereocenters. The van der Waals surface area contributed by atoms with Crippen LogP contribution in [0.15, 0.2) is 59.1 Å². The molecule has 128 valence electrons. The number of hydrogen-bond donors (Lipinski definition) is 2. The highest BCUT2D eigenvalue weighted by Gasteiger charge is 2.46. The van der Waals surface area contributed by atoms with Crippen molar-refractivity contribution < 1.29 is 4.79 Å². The zero-order valence-corrected chi connectivity index (χ0v) is 16.0. The van der Waals surface area contributed by atoms with Crippen LogP contribution in [0.1, 0.15) is 30.9 Å². The van der Waals surface area contributed by atoms with E-state index >= 15 is 0 Å². The molecule has 1 aliphatic carbocycles. The van der Waals surface area contributed by atoms with Crippen LogP contribution in [0.5, 0.6) is 0 Å². The van der Waals surface area contributed by atoms with E-state index in [0.29, 0.717) is 6.54 Å². The maximum Gasteiger partial charge on any atom is 0.244 e. The van der Waals surface area contributed by atoms with Gasteiger partial charge >= 0.3 is 0 Å². The van der Waals surface area contributed by atoms with Gasteiger partial charge in [0, 0.05) is 16.4 Å². The summed E-state index contributed by atoms with van der Waals surface area (Å²) in [7, 11) is 0. The number of rotatable bonds is 5. The van der Waals surface area contributed by atoms with E-state index in [-0.39, 0.29) is 23.7 Å². The van der Waals surface area contributed by atoms with Crippen LogP contribution >= 0.6 is 28.3 Å². The van der Waals surface area contributed by atoms with Gasteiger partial charge in [0.15, 0.2) is 0 Å². The standard InChI is InChI=1S/C19H21BrN2O.ClH/c1-18(21,14-7-3-2-4-8-14)17(23)22-13-19(11-12-19)15-9-5-6-10-16(15)20;/h2-10H,11-13,21H2,1H3,(H,22,23);1H. The summed E-state index contributed by atoms with van der Waals surface area (Å²) in [5, 5.41) is 3.07. The van der Waals surface area contributed by atoms with E-state index in [1.807, 2.05) is 48.5 Å². The highest BCUT2D eigenvalue weighted by atomic mass is 79.9. The Labute approximate surface area is 157 Å². The summed E-state index contributed by atoms with van der Waals surface area (Å²) in [6.07, 6.45) is 2.17. The number of halogens is 2. The molecule has 0 bridgehead atoms. The molecule has 24 heavy (non-hydrogen) atoms. The molecule has 5 heteroatoms. The van der Waals surface area contributed by atoms with E-state index < -0.39 is 5.54 Å². The Balaban J connectivity index is 0.00000208. The fourth-order valence-electron chi connectivity index (χ4n) is 2.93. The van der Waals surface area contributed by atoms with Crippen LogP contribution in [-0.4, -0.2) is 12.5 Å². The van der Waals surface area contributed by atoms with Crippen LogP contribution in [0.25, 0.3) is 0 Å². The minimum atomic E-state index is -1.02. The Morgan fingerprint density at radius 3 is 2.33 bits per heavy atom. The van der Waals surface area contributed by atoms with Crippen LogP contribution in [0.3, 0.4) is 0 Å². The molecular weight excluding hydrogens is 388 g/mol. The Morgan fingerprint density at radius 2 is 1.75 bits per heavy atom. The zero-order chi connectivity index (χ0) is 16.5. The number of carbonyl (C=O) groups is 1. The van der Waals surface area contributed by atoms with E-state index in [9.17, 15) is 4.79 Å². The Bertz CT molecular complexity index is 714. The predicted molar refractivity (Wildman–Crippen MR) is 103 cm³/mol. The fraction of sp³-hybridized carbons (Fsp3) is 0.316. The van der Waals surface area contributed by atoms with Crippen LogP contribution in [-0.2, 0) is 15.7 Å².